The summed E-state index contributed by atoms with van der Waals surface area (Å²) in [6.45, 7) is 6.69. The van der Waals surface area contributed by atoms with Crippen LogP contribution >= 0.6 is 0 Å². The lowest BCUT2D eigenvalue weighted by molar-refractivity contribution is 0.276. The van der Waals surface area contributed by atoms with Crippen LogP contribution in [0.3, 0.4) is 0 Å². The second-order valence-corrected chi connectivity index (χ2v) is 4.68. The van der Waals surface area contributed by atoms with E-state index in [1.165, 1.54) is 5.69 Å². The summed E-state index contributed by atoms with van der Waals surface area (Å²) in [7, 11) is 0. The highest BCUT2D eigenvalue weighted by molar-refractivity contribution is 5.53. The summed E-state index contributed by atoms with van der Waals surface area (Å²) in [5.74, 6) is 0. The van der Waals surface area contributed by atoms with E-state index in [1.807, 2.05) is 18.2 Å². The van der Waals surface area contributed by atoms with E-state index in [1.54, 1.807) is 0 Å². The molecule has 0 radical (unpaired) electrons. The molecule has 2 rings (SSSR count). The summed E-state index contributed by atoms with van der Waals surface area (Å²) in [5.41, 5.74) is 2.35. The number of nitriles is 1. The first kappa shape index (κ1) is 9.08. The summed E-state index contributed by atoms with van der Waals surface area (Å²) in [6, 6.07) is 9.97. The van der Waals surface area contributed by atoms with Crippen LogP contribution in [-0.4, -0.2) is 13.1 Å². The summed E-state index contributed by atoms with van der Waals surface area (Å²) in [4.78, 5) is 2.31. The molecule has 1 saturated heterocycles. The number of anilines is 1. The SMILES string of the molecule is CC1(C)CN(c2cccc(C#N)c2)C1. The Morgan fingerprint density at radius 3 is 2.64 bits per heavy atom. The third-order valence-corrected chi connectivity index (χ3v) is 2.58. The van der Waals surface area contributed by atoms with E-state index in [0.29, 0.717) is 5.41 Å². The van der Waals surface area contributed by atoms with Crippen molar-refractivity contribution in [3.05, 3.63) is 29.8 Å². The van der Waals surface area contributed by atoms with Crippen LogP contribution in [0.5, 0.6) is 0 Å². The first-order valence-electron chi connectivity index (χ1n) is 4.86. The van der Waals surface area contributed by atoms with Crippen molar-refractivity contribution in [1.29, 1.82) is 5.26 Å². The van der Waals surface area contributed by atoms with E-state index in [9.17, 15) is 0 Å². The Labute approximate surface area is 84.8 Å². The standard InChI is InChI=1S/C12H14N2/c1-12(2)8-14(9-12)11-5-3-4-10(6-11)7-13/h3-6H,8-9H2,1-2H3. The van der Waals surface area contributed by atoms with Crippen molar-refractivity contribution in [3.63, 3.8) is 0 Å². The second kappa shape index (κ2) is 3.02. The van der Waals surface area contributed by atoms with Gasteiger partial charge in [0, 0.05) is 18.8 Å². The van der Waals surface area contributed by atoms with Gasteiger partial charge in [-0.25, -0.2) is 0 Å². The highest BCUT2D eigenvalue weighted by atomic mass is 15.2. The minimum atomic E-state index is 0.433. The molecule has 0 bridgehead atoms. The Morgan fingerprint density at radius 2 is 2.07 bits per heavy atom. The number of hydrogen-bond acceptors (Lipinski definition) is 2. The fraction of sp³-hybridized carbons (Fsp3) is 0.417. The van der Waals surface area contributed by atoms with Gasteiger partial charge in [0.15, 0.2) is 0 Å². The molecule has 1 heterocycles. The van der Waals surface area contributed by atoms with Gasteiger partial charge in [0.2, 0.25) is 0 Å². The Hall–Kier alpha value is -1.49. The van der Waals surface area contributed by atoms with Crippen LogP contribution in [0.15, 0.2) is 24.3 Å². The van der Waals surface area contributed by atoms with Gasteiger partial charge < -0.3 is 4.90 Å². The van der Waals surface area contributed by atoms with Crippen LogP contribution in [0.2, 0.25) is 0 Å². The van der Waals surface area contributed by atoms with Gasteiger partial charge in [-0.05, 0) is 23.6 Å². The maximum Gasteiger partial charge on any atom is 0.0992 e. The van der Waals surface area contributed by atoms with Crippen molar-refractivity contribution in [2.75, 3.05) is 18.0 Å². The molecule has 0 spiro atoms. The van der Waals surface area contributed by atoms with Crippen LogP contribution in [-0.2, 0) is 0 Å². The third-order valence-electron chi connectivity index (χ3n) is 2.58. The van der Waals surface area contributed by atoms with Gasteiger partial charge in [-0.1, -0.05) is 19.9 Å². The minimum absolute atomic E-state index is 0.433. The molecule has 1 fully saturated rings. The van der Waals surface area contributed by atoms with Crippen LogP contribution in [0.25, 0.3) is 0 Å². The highest BCUT2D eigenvalue weighted by Gasteiger charge is 2.33. The molecule has 0 N–H and O–H groups in total. The van der Waals surface area contributed by atoms with Crippen molar-refractivity contribution in [1.82, 2.24) is 0 Å². The second-order valence-electron chi connectivity index (χ2n) is 4.68. The molecule has 0 atom stereocenters. The van der Waals surface area contributed by atoms with E-state index >= 15 is 0 Å². The number of hydrogen-bond donors (Lipinski definition) is 0. The molecular weight excluding hydrogens is 172 g/mol. The average molecular weight is 186 g/mol. The Morgan fingerprint density at radius 1 is 1.36 bits per heavy atom. The lowest BCUT2D eigenvalue weighted by Gasteiger charge is -2.47. The summed E-state index contributed by atoms with van der Waals surface area (Å²) >= 11 is 0. The van der Waals surface area contributed by atoms with E-state index in [4.69, 9.17) is 5.26 Å². The third kappa shape index (κ3) is 1.58. The van der Waals surface area contributed by atoms with Crippen molar-refractivity contribution in [3.8, 4) is 6.07 Å². The Bertz CT molecular complexity index is 380. The predicted molar refractivity (Wildman–Crippen MR) is 57.2 cm³/mol. The van der Waals surface area contributed by atoms with Crippen LogP contribution in [0.4, 0.5) is 5.69 Å². The monoisotopic (exact) mass is 186 g/mol. The van der Waals surface area contributed by atoms with Crippen molar-refractivity contribution in [2.45, 2.75) is 13.8 Å². The van der Waals surface area contributed by atoms with Gasteiger partial charge in [-0.15, -0.1) is 0 Å². The molecule has 1 aromatic carbocycles. The number of benzene rings is 1. The van der Waals surface area contributed by atoms with E-state index in [2.05, 4.69) is 30.9 Å². The predicted octanol–water partition coefficient (Wildman–Crippen LogP) is 2.40. The lowest BCUT2D eigenvalue weighted by Crippen LogP contribution is -2.53. The molecule has 1 aromatic rings. The first-order chi connectivity index (χ1) is 6.61. The molecule has 1 aliphatic rings. The van der Waals surface area contributed by atoms with Gasteiger partial charge in [0.1, 0.15) is 0 Å². The summed E-state index contributed by atoms with van der Waals surface area (Å²) in [6.07, 6.45) is 0. The minimum Gasteiger partial charge on any atom is -0.370 e. The van der Waals surface area contributed by atoms with E-state index in [-0.39, 0.29) is 0 Å². The molecule has 72 valence electrons. The maximum absolute atomic E-state index is 8.77. The molecule has 14 heavy (non-hydrogen) atoms. The topological polar surface area (TPSA) is 27.0 Å². The van der Waals surface area contributed by atoms with Crippen LogP contribution in [0.1, 0.15) is 19.4 Å². The van der Waals surface area contributed by atoms with E-state index in [0.717, 1.165) is 18.7 Å². The van der Waals surface area contributed by atoms with Gasteiger partial charge in [0.25, 0.3) is 0 Å². The van der Waals surface area contributed by atoms with Gasteiger partial charge in [-0.2, -0.15) is 5.26 Å². The van der Waals surface area contributed by atoms with Gasteiger partial charge in [-0.3, -0.25) is 0 Å². The summed E-state index contributed by atoms with van der Waals surface area (Å²) in [5, 5.41) is 8.77. The zero-order valence-corrected chi connectivity index (χ0v) is 8.62. The largest absolute Gasteiger partial charge is 0.370 e. The van der Waals surface area contributed by atoms with Crippen LogP contribution < -0.4 is 4.90 Å². The molecule has 0 unspecified atom stereocenters. The van der Waals surface area contributed by atoms with Crippen molar-refractivity contribution >= 4 is 5.69 Å². The zero-order valence-electron chi connectivity index (χ0n) is 8.62. The van der Waals surface area contributed by atoms with Gasteiger partial charge >= 0.3 is 0 Å². The molecule has 0 amide bonds. The molecule has 0 aromatic heterocycles. The molecule has 1 aliphatic heterocycles. The lowest BCUT2D eigenvalue weighted by atomic mass is 9.84. The first-order valence-corrected chi connectivity index (χ1v) is 4.86. The molecule has 2 heteroatoms. The fourth-order valence-corrected chi connectivity index (χ4v) is 1.94. The fourth-order valence-electron chi connectivity index (χ4n) is 1.94. The van der Waals surface area contributed by atoms with E-state index < -0.39 is 0 Å². The molecule has 0 aliphatic carbocycles. The number of nitrogens with zero attached hydrogens (tertiary/aromatic N) is 2. The Balaban J connectivity index is 2.16. The molecule has 2 nitrogen and oxygen atoms in total. The smallest absolute Gasteiger partial charge is 0.0992 e. The average Bonchev–Trinajstić information content (AvgIpc) is 2.14. The van der Waals surface area contributed by atoms with Crippen LogP contribution in [0, 0.1) is 16.7 Å². The molecular formula is C12H14N2. The Kier molecular flexibility index (Phi) is 1.96. The van der Waals surface area contributed by atoms with Crippen molar-refractivity contribution in [2.24, 2.45) is 5.41 Å². The summed E-state index contributed by atoms with van der Waals surface area (Å²) < 4.78 is 0. The quantitative estimate of drug-likeness (QED) is 0.673. The van der Waals surface area contributed by atoms with Gasteiger partial charge in [0.05, 0.1) is 11.6 Å². The zero-order chi connectivity index (χ0) is 10.2. The molecule has 0 saturated carbocycles. The highest BCUT2D eigenvalue weighted by Crippen LogP contribution is 2.33. The number of rotatable bonds is 1. The maximum atomic E-state index is 8.77. The normalized spacial score (nSPS) is 18.5. The van der Waals surface area contributed by atoms with Crippen molar-refractivity contribution < 1.29 is 0 Å².